The molecule has 0 radical (unpaired) electrons. The summed E-state index contributed by atoms with van der Waals surface area (Å²) in [6, 6.07) is 0. The molecule has 1 amide bonds. The van der Waals surface area contributed by atoms with Gasteiger partial charge in [0.25, 0.3) is 0 Å². The topological polar surface area (TPSA) is 58.6 Å². The quantitative estimate of drug-likeness (QED) is 0.770. The summed E-state index contributed by atoms with van der Waals surface area (Å²) in [4.78, 5) is 25.6. The predicted molar refractivity (Wildman–Crippen MR) is 95.2 cm³/mol. The number of carbonyl (C=O) groups excluding carboxylic acids is 1. The second-order valence-corrected chi connectivity index (χ2v) is 6.76. The fourth-order valence-electron chi connectivity index (χ4n) is 1.99. The highest BCUT2D eigenvalue weighted by molar-refractivity contribution is 7.98. The number of nitrogens with zero attached hydrogens (tertiary/aromatic N) is 4. The van der Waals surface area contributed by atoms with Crippen molar-refractivity contribution in [3.63, 3.8) is 0 Å². The first-order chi connectivity index (χ1) is 10.9. The van der Waals surface area contributed by atoms with Crippen molar-refractivity contribution < 1.29 is 9.53 Å². The molecule has 0 bridgehead atoms. The summed E-state index contributed by atoms with van der Waals surface area (Å²) in [7, 11) is 0. The molecule has 0 spiro atoms. The standard InChI is InChI=1S/C14H22N4O2S.C2H6/c1-14(2,3)20-13(19)18-7-5-17(6-8-18)12-15-9-11(21-4)10-16-12;1-2/h9-10H,5-8H2,1-4H3;1-2H3. The van der Waals surface area contributed by atoms with Gasteiger partial charge in [-0.3, -0.25) is 0 Å². The molecule has 1 aliphatic rings. The van der Waals surface area contributed by atoms with E-state index in [9.17, 15) is 4.79 Å². The van der Waals surface area contributed by atoms with Crippen LogP contribution in [0.25, 0.3) is 0 Å². The van der Waals surface area contributed by atoms with Gasteiger partial charge in [-0.25, -0.2) is 14.8 Å². The van der Waals surface area contributed by atoms with E-state index in [1.54, 1.807) is 16.7 Å². The monoisotopic (exact) mass is 340 g/mol. The van der Waals surface area contributed by atoms with Crippen LogP contribution in [0.4, 0.5) is 10.7 Å². The molecule has 0 atom stereocenters. The lowest BCUT2D eigenvalue weighted by molar-refractivity contribution is 0.0240. The largest absolute Gasteiger partial charge is 0.444 e. The van der Waals surface area contributed by atoms with E-state index in [0.29, 0.717) is 13.1 Å². The fourth-order valence-corrected chi connectivity index (χ4v) is 2.31. The maximum atomic E-state index is 12.0. The molecule has 0 saturated carbocycles. The number of hydrogen-bond donors (Lipinski definition) is 0. The highest BCUT2D eigenvalue weighted by atomic mass is 32.2. The van der Waals surface area contributed by atoms with Crippen LogP contribution in [-0.2, 0) is 4.74 Å². The van der Waals surface area contributed by atoms with Crippen molar-refractivity contribution in [3.05, 3.63) is 12.4 Å². The lowest BCUT2D eigenvalue weighted by atomic mass is 10.2. The summed E-state index contributed by atoms with van der Waals surface area (Å²) in [6.45, 7) is 12.3. The normalized spacial score (nSPS) is 14.9. The highest BCUT2D eigenvalue weighted by Gasteiger charge is 2.26. The van der Waals surface area contributed by atoms with E-state index in [0.717, 1.165) is 23.9 Å². The van der Waals surface area contributed by atoms with Crippen LogP contribution < -0.4 is 4.90 Å². The molecule has 1 saturated heterocycles. The van der Waals surface area contributed by atoms with Crippen LogP contribution in [0.1, 0.15) is 34.6 Å². The van der Waals surface area contributed by atoms with E-state index in [2.05, 4.69) is 14.9 Å². The SMILES string of the molecule is CC.CSc1cnc(N2CCN(C(=O)OC(C)(C)C)CC2)nc1. The van der Waals surface area contributed by atoms with Gasteiger partial charge in [-0.05, 0) is 27.0 Å². The zero-order chi connectivity index (χ0) is 17.5. The molecule has 1 aliphatic heterocycles. The van der Waals surface area contributed by atoms with Crippen LogP contribution in [0.2, 0.25) is 0 Å². The summed E-state index contributed by atoms with van der Waals surface area (Å²) in [6.07, 6.45) is 5.40. The maximum absolute atomic E-state index is 12.0. The van der Waals surface area contributed by atoms with Gasteiger partial charge in [0.05, 0.1) is 0 Å². The van der Waals surface area contributed by atoms with Crippen molar-refractivity contribution in [2.45, 2.75) is 45.1 Å². The zero-order valence-corrected chi connectivity index (χ0v) is 15.8. The van der Waals surface area contributed by atoms with Gasteiger partial charge >= 0.3 is 6.09 Å². The molecule has 130 valence electrons. The Morgan fingerprint density at radius 1 is 1.13 bits per heavy atom. The van der Waals surface area contributed by atoms with Crippen LogP contribution in [0, 0.1) is 0 Å². The number of anilines is 1. The molecule has 2 rings (SSSR count). The Morgan fingerprint density at radius 2 is 1.65 bits per heavy atom. The van der Waals surface area contributed by atoms with Gasteiger partial charge in [-0.1, -0.05) is 13.8 Å². The number of ether oxygens (including phenoxy) is 1. The van der Waals surface area contributed by atoms with Crippen molar-refractivity contribution in [1.82, 2.24) is 14.9 Å². The molecular formula is C16H28N4O2S. The van der Waals surface area contributed by atoms with E-state index in [4.69, 9.17) is 4.74 Å². The number of amides is 1. The summed E-state index contributed by atoms with van der Waals surface area (Å²) in [5, 5.41) is 0. The Hall–Kier alpha value is -1.50. The molecule has 0 aliphatic carbocycles. The lowest BCUT2D eigenvalue weighted by Crippen LogP contribution is -2.50. The van der Waals surface area contributed by atoms with Gasteiger partial charge in [0.15, 0.2) is 0 Å². The summed E-state index contributed by atoms with van der Waals surface area (Å²) in [5.41, 5.74) is -0.453. The predicted octanol–water partition coefficient (Wildman–Crippen LogP) is 3.28. The Balaban J connectivity index is 0.00000127. The number of hydrogen-bond acceptors (Lipinski definition) is 6. The second-order valence-electron chi connectivity index (χ2n) is 5.88. The van der Waals surface area contributed by atoms with Crippen LogP contribution in [0.5, 0.6) is 0 Å². The molecular weight excluding hydrogens is 312 g/mol. The number of thioether (sulfide) groups is 1. The lowest BCUT2D eigenvalue weighted by Gasteiger charge is -2.35. The van der Waals surface area contributed by atoms with E-state index in [1.165, 1.54) is 0 Å². The fraction of sp³-hybridized carbons (Fsp3) is 0.688. The van der Waals surface area contributed by atoms with Gasteiger partial charge < -0.3 is 14.5 Å². The smallest absolute Gasteiger partial charge is 0.410 e. The summed E-state index contributed by atoms with van der Waals surface area (Å²) in [5.74, 6) is 0.719. The first kappa shape index (κ1) is 19.5. The number of piperazine rings is 1. The average Bonchev–Trinajstić information content (AvgIpc) is 2.55. The highest BCUT2D eigenvalue weighted by Crippen LogP contribution is 2.17. The Kier molecular flexibility index (Phi) is 7.61. The molecule has 1 aromatic rings. The summed E-state index contributed by atoms with van der Waals surface area (Å²) >= 11 is 1.62. The molecule has 7 heteroatoms. The van der Waals surface area contributed by atoms with E-state index in [-0.39, 0.29) is 6.09 Å². The number of aromatic nitrogens is 2. The van der Waals surface area contributed by atoms with Gasteiger partial charge in [0.1, 0.15) is 5.60 Å². The van der Waals surface area contributed by atoms with Crippen LogP contribution in [0.15, 0.2) is 17.3 Å². The zero-order valence-electron chi connectivity index (χ0n) is 15.0. The minimum absolute atomic E-state index is 0.249. The minimum Gasteiger partial charge on any atom is -0.444 e. The maximum Gasteiger partial charge on any atom is 0.410 e. The van der Waals surface area contributed by atoms with Crippen molar-refractivity contribution >= 4 is 23.8 Å². The molecule has 0 N–H and O–H groups in total. The van der Waals surface area contributed by atoms with Gasteiger partial charge in [-0.2, -0.15) is 0 Å². The van der Waals surface area contributed by atoms with Crippen LogP contribution in [0.3, 0.4) is 0 Å². The van der Waals surface area contributed by atoms with Crippen molar-refractivity contribution in [3.8, 4) is 0 Å². The van der Waals surface area contributed by atoms with Crippen molar-refractivity contribution in [2.24, 2.45) is 0 Å². The first-order valence-electron chi connectivity index (χ1n) is 7.98. The van der Waals surface area contributed by atoms with E-state index >= 15 is 0 Å². The average molecular weight is 340 g/mol. The Labute approximate surface area is 143 Å². The van der Waals surface area contributed by atoms with Gasteiger partial charge in [0, 0.05) is 43.5 Å². The second kappa shape index (κ2) is 8.96. The van der Waals surface area contributed by atoms with E-state index in [1.807, 2.05) is 53.3 Å². The summed E-state index contributed by atoms with van der Waals surface area (Å²) < 4.78 is 5.38. The van der Waals surface area contributed by atoms with Crippen molar-refractivity contribution in [2.75, 3.05) is 37.3 Å². The van der Waals surface area contributed by atoms with E-state index < -0.39 is 5.60 Å². The number of rotatable bonds is 2. The minimum atomic E-state index is -0.453. The molecule has 1 aromatic heterocycles. The Bertz CT molecular complexity index is 480. The van der Waals surface area contributed by atoms with Crippen LogP contribution in [-0.4, -0.2) is 59.0 Å². The number of carbonyl (C=O) groups is 1. The molecule has 1 fully saturated rings. The molecule has 2 heterocycles. The molecule has 23 heavy (non-hydrogen) atoms. The first-order valence-corrected chi connectivity index (χ1v) is 9.20. The van der Waals surface area contributed by atoms with Gasteiger partial charge in [0.2, 0.25) is 5.95 Å². The Morgan fingerprint density at radius 3 is 2.09 bits per heavy atom. The third-order valence-electron chi connectivity index (χ3n) is 3.06. The van der Waals surface area contributed by atoms with Crippen LogP contribution >= 0.6 is 11.8 Å². The molecule has 0 unspecified atom stereocenters. The van der Waals surface area contributed by atoms with Gasteiger partial charge in [-0.15, -0.1) is 11.8 Å². The molecule has 6 nitrogen and oxygen atoms in total. The molecule has 0 aromatic carbocycles. The third kappa shape index (κ3) is 6.25. The van der Waals surface area contributed by atoms with Crippen molar-refractivity contribution in [1.29, 1.82) is 0 Å². The third-order valence-corrected chi connectivity index (χ3v) is 3.75.